The molecule has 1 fully saturated rings. The Balaban J connectivity index is 1.98. The summed E-state index contributed by atoms with van der Waals surface area (Å²) in [6.07, 6.45) is 1.45. The van der Waals surface area contributed by atoms with Gasteiger partial charge in [0.1, 0.15) is 17.1 Å². The van der Waals surface area contributed by atoms with E-state index in [0.29, 0.717) is 11.3 Å². The molecule has 0 atom stereocenters. The molecule has 1 aliphatic rings. The van der Waals surface area contributed by atoms with Crippen molar-refractivity contribution in [2.45, 2.75) is 0 Å². The van der Waals surface area contributed by atoms with Crippen LogP contribution >= 0.6 is 12.2 Å². The van der Waals surface area contributed by atoms with Crippen LogP contribution in [-0.4, -0.2) is 24.0 Å². The second-order valence-electron chi connectivity index (χ2n) is 5.21. The smallest absolute Gasteiger partial charge is 0.270 e. The largest absolute Gasteiger partial charge is 0.497 e. The highest BCUT2D eigenvalue weighted by molar-refractivity contribution is 7.80. The standard InChI is InChI=1S/C18H13FN2O3S/c1-24-14-7-5-11(6-8-14)9-15-16(22)20-18(25)21(17(15)23)13-4-2-3-12(19)10-13/h2-10H,1H3,(H,20,22,25)/b15-9+. The van der Waals surface area contributed by atoms with Crippen LogP contribution in [0.1, 0.15) is 5.56 Å². The number of hydrogen-bond donors (Lipinski definition) is 1. The van der Waals surface area contributed by atoms with Gasteiger partial charge in [-0.15, -0.1) is 0 Å². The van der Waals surface area contributed by atoms with Crippen LogP contribution in [0.2, 0.25) is 0 Å². The monoisotopic (exact) mass is 356 g/mol. The van der Waals surface area contributed by atoms with Gasteiger partial charge in [0.2, 0.25) is 0 Å². The van der Waals surface area contributed by atoms with E-state index in [2.05, 4.69) is 5.32 Å². The highest BCUT2D eigenvalue weighted by atomic mass is 32.1. The van der Waals surface area contributed by atoms with Crippen LogP contribution in [0, 0.1) is 5.82 Å². The van der Waals surface area contributed by atoms with Crippen LogP contribution in [-0.2, 0) is 9.59 Å². The van der Waals surface area contributed by atoms with E-state index in [4.69, 9.17) is 17.0 Å². The van der Waals surface area contributed by atoms with Gasteiger partial charge in [0.05, 0.1) is 12.8 Å². The number of nitrogens with zero attached hydrogens (tertiary/aromatic N) is 1. The number of methoxy groups -OCH3 is 1. The lowest BCUT2D eigenvalue weighted by molar-refractivity contribution is -0.122. The molecule has 0 bridgehead atoms. The van der Waals surface area contributed by atoms with Gasteiger partial charge in [0.15, 0.2) is 5.11 Å². The van der Waals surface area contributed by atoms with E-state index in [1.54, 1.807) is 31.4 Å². The van der Waals surface area contributed by atoms with E-state index in [1.165, 1.54) is 30.3 Å². The number of nitrogens with one attached hydrogen (secondary N) is 1. The summed E-state index contributed by atoms with van der Waals surface area (Å²) >= 11 is 5.06. The molecule has 25 heavy (non-hydrogen) atoms. The maximum absolute atomic E-state index is 13.5. The van der Waals surface area contributed by atoms with Crippen LogP contribution in [0.5, 0.6) is 5.75 Å². The zero-order valence-corrected chi connectivity index (χ0v) is 14.0. The highest BCUT2D eigenvalue weighted by Gasteiger charge is 2.34. The quantitative estimate of drug-likeness (QED) is 0.522. The fraction of sp³-hybridized carbons (Fsp3) is 0.0556. The van der Waals surface area contributed by atoms with Gasteiger partial charge in [-0.3, -0.25) is 19.8 Å². The van der Waals surface area contributed by atoms with E-state index >= 15 is 0 Å². The SMILES string of the molecule is COc1ccc(/C=C2\C(=O)NC(=S)N(c3cccc(F)c3)C2=O)cc1. The molecule has 1 N–H and O–H groups in total. The molecule has 0 saturated carbocycles. The summed E-state index contributed by atoms with van der Waals surface area (Å²) in [4.78, 5) is 26.0. The number of carbonyl (C=O) groups excluding carboxylic acids is 2. The lowest BCUT2D eigenvalue weighted by Crippen LogP contribution is -2.54. The number of amides is 2. The number of benzene rings is 2. The topological polar surface area (TPSA) is 58.6 Å². The van der Waals surface area contributed by atoms with Crippen LogP contribution in [0.4, 0.5) is 10.1 Å². The number of ether oxygens (including phenoxy) is 1. The summed E-state index contributed by atoms with van der Waals surface area (Å²) < 4.78 is 18.5. The number of carbonyl (C=O) groups is 2. The molecule has 0 unspecified atom stereocenters. The van der Waals surface area contributed by atoms with Crippen LogP contribution < -0.4 is 15.0 Å². The Morgan fingerprint density at radius 3 is 2.52 bits per heavy atom. The van der Waals surface area contributed by atoms with Crippen LogP contribution in [0.15, 0.2) is 54.1 Å². The van der Waals surface area contributed by atoms with Crippen molar-refractivity contribution in [3.8, 4) is 5.75 Å². The summed E-state index contributed by atoms with van der Waals surface area (Å²) in [5.41, 5.74) is 0.796. The van der Waals surface area contributed by atoms with E-state index in [-0.39, 0.29) is 16.4 Å². The molecule has 7 heteroatoms. The number of halogens is 1. The third-order valence-electron chi connectivity index (χ3n) is 3.59. The van der Waals surface area contributed by atoms with E-state index < -0.39 is 17.6 Å². The molecular formula is C18H13FN2O3S. The number of anilines is 1. The van der Waals surface area contributed by atoms with Gasteiger partial charge >= 0.3 is 0 Å². The maximum atomic E-state index is 13.5. The Kier molecular flexibility index (Phi) is 4.58. The Morgan fingerprint density at radius 1 is 1.16 bits per heavy atom. The minimum atomic E-state index is -0.616. The molecule has 0 radical (unpaired) electrons. The Hall–Kier alpha value is -3.06. The molecule has 5 nitrogen and oxygen atoms in total. The molecule has 2 aromatic carbocycles. The van der Waals surface area contributed by atoms with Gasteiger partial charge in [0.25, 0.3) is 11.8 Å². The zero-order valence-electron chi connectivity index (χ0n) is 13.2. The predicted molar refractivity (Wildman–Crippen MR) is 95.6 cm³/mol. The van der Waals surface area contributed by atoms with Crippen molar-refractivity contribution in [2.75, 3.05) is 12.0 Å². The molecule has 3 rings (SSSR count). The van der Waals surface area contributed by atoms with Crippen molar-refractivity contribution in [2.24, 2.45) is 0 Å². The molecule has 126 valence electrons. The van der Waals surface area contributed by atoms with Gasteiger partial charge < -0.3 is 4.74 Å². The normalized spacial score (nSPS) is 16.2. The van der Waals surface area contributed by atoms with Gasteiger partial charge in [-0.25, -0.2) is 4.39 Å². The van der Waals surface area contributed by atoms with Crippen LogP contribution in [0.3, 0.4) is 0 Å². The lowest BCUT2D eigenvalue weighted by Gasteiger charge is -2.28. The molecule has 2 amide bonds. The second-order valence-corrected chi connectivity index (χ2v) is 5.60. The second kappa shape index (κ2) is 6.82. The average molecular weight is 356 g/mol. The fourth-order valence-electron chi connectivity index (χ4n) is 2.37. The molecule has 1 saturated heterocycles. The molecular weight excluding hydrogens is 343 g/mol. The molecule has 0 aliphatic carbocycles. The zero-order chi connectivity index (χ0) is 18.0. The van der Waals surface area contributed by atoms with E-state index in [9.17, 15) is 14.0 Å². The van der Waals surface area contributed by atoms with Crippen LogP contribution in [0.25, 0.3) is 6.08 Å². The first-order chi connectivity index (χ1) is 12.0. The minimum Gasteiger partial charge on any atom is -0.497 e. The average Bonchev–Trinajstić information content (AvgIpc) is 2.59. The van der Waals surface area contributed by atoms with Gasteiger partial charge in [-0.2, -0.15) is 0 Å². The summed E-state index contributed by atoms with van der Waals surface area (Å²) in [6.45, 7) is 0. The third kappa shape index (κ3) is 3.41. The van der Waals surface area contributed by atoms with Gasteiger partial charge in [0, 0.05) is 0 Å². The fourth-order valence-corrected chi connectivity index (χ4v) is 2.65. The Bertz CT molecular complexity index is 893. The molecule has 2 aromatic rings. The van der Waals surface area contributed by atoms with Crippen molar-refractivity contribution >= 4 is 40.9 Å². The van der Waals surface area contributed by atoms with Crippen molar-refractivity contribution in [1.29, 1.82) is 0 Å². The highest BCUT2D eigenvalue weighted by Crippen LogP contribution is 2.23. The number of hydrogen-bond acceptors (Lipinski definition) is 4. The minimum absolute atomic E-state index is 0.0903. The lowest BCUT2D eigenvalue weighted by atomic mass is 10.1. The Morgan fingerprint density at radius 2 is 1.88 bits per heavy atom. The molecule has 0 spiro atoms. The summed E-state index contributed by atoms with van der Waals surface area (Å²) in [6, 6.07) is 12.3. The first kappa shape index (κ1) is 16.8. The number of thiocarbonyl (C=S) groups is 1. The van der Waals surface area contributed by atoms with E-state index in [1.807, 2.05) is 0 Å². The Labute approximate surface area is 148 Å². The van der Waals surface area contributed by atoms with Crippen molar-refractivity contribution in [3.63, 3.8) is 0 Å². The van der Waals surface area contributed by atoms with Gasteiger partial charge in [-0.1, -0.05) is 18.2 Å². The van der Waals surface area contributed by atoms with E-state index in [0.717, 1.165) is 4.90 Å². The van der Waals surface area contributed by atoms with Crippen molar-refractivity contribution in [3.05, 3.63) is 65.5 Å². The number of rotatable bonds is 3. The van der Waals surface area contributed by atoms with Gasteiger partial charge in [-0.05, 0) is 54.2 Å². The molecule has 1 aliphatic heterocycles. The third-order valence-corrected chi connectivity index (χ3v) is 3.88. The maximum Gasteiger partial charge on any atom is 0.270 e. The predicted octanol–water partition coefficient (Wildman–Crippen LogP) is 2.67. The van der Waals surface area contributed by atoms with Crippen molar-refractivity contribution in [1.82, 2.24) is 5.32 Å². The first-order valence-electron chi connectivity index (χ1n) is 7.30. The summed E-state index contributed by atoms with van der Waals surface area (Å²) in [5, 5.41) is 2.36. The first-order valence-corrected chi connectivity index (χ1v) is 7.71. The molecule has 1 heterocycles. The summed E-state index contributed by atoms with van der Waals surface area (Å²) in [7, 11) is 1.55. The molecule has 0 aromatic heterocycles. The van der Waals surface area contributed by atoms with Crippen molar-refractivity contribution < 1.29 is 18.7 Å². The summed E-state index contributed by atoms with van der Waals surface area (Å²) in [5.74, 6) is -1.07.